The van der Waals surface area contributed by atoms with E-state index in [-0.39, 0.29) is 0 Å². The van der Waals surface area contributed by atoms with E-state index < -0.39 is 0 Å². The molecule has 0 aliphatic heterocycles. The predicted octanol–water partition coefficient (Wildman–Crippen LogP) is 2.68. The first kappa shape index (κ1) is 10.1. The molecular formula is C11H18N2S. The number of hydrogen-bond donors (Lipinski definition) is 1. The summed E-state index contributed by atoms with van der Waals surface area (Å²) >= 11 is 1.81. The zero-order valence-electron chi connectivity index (χ0n) is 8.70. The Kier molecular flexibility index (Phi) is 3.19. The number of hydrogen-bond acceptors (Lipinski definition) is 3. The van der Waals surface area contributed by atoms with Gasteiger partial charge >= 0.3 is 0 Å². The van der Waals surface area contributed by atoms with Crippen molar-refractivity contribution < 1.29 is 0 Å². The summed E-state index contributed by atoms with van der Waals surface area (Å²) in [5, 5.41) is 0. The first-order chi connectivity index (χ1) is 6.83. The SMILES string of the molecule is Cc1ncsc1C1CCCCC1CN. The maximum Gasteiger partial charge on any atom is 0.0797 e. The van der Waals surface area contributed by atoms with Crippen LogP contribution in [0.15, 0.2) is 5.51 Å². The van der Waals surface area contributed by atoms with Gasteiger partial charge in [-0.2, -0.15) is 0 Å². The van der Waals surface area contributed by atoms with Gasteiger partial charge in [-0.15, -0.1) is 11.3 Å². The molecule has 1 saturated carbocycles. The van der Waals surface area contributed by atoms with E-state index in [0.29, 0.717) is 11.8 Å². The molecule has 78 valence electrons. The highest BCUT2D eigenvalue weighted by atomic mass is 32.1. The quantitative estimate of drug-likeness (QED) is 0.815. The molecule has 0 saturated heterocycles. The molecule has 0 amide bonds. The van der Waals surface area contributed by atoms with Crippen LogP contribution in [0.1, 0.15) is 42.2 Å². The van der Waals surface area contributed by atoms with E-state index in [4.69, 9.17) is 5.73 Å². The lowest BCUT2D eigenvalue weighted by molar-refractivity contribution is 0.317. The van der Waals surface area contributed by atoms with E-state index in [1.54, 1.807) is 0 Å². The van der Waals surface area contributed by atoms with Gasteiger partial charge in [-0.3, -0.25) is 0 Å². The number of aryl methyl sites for hydroxylation is 1. The average molecular weight is 210 g/mol. The third-order valence-corrected chi connectivity index (χ3v) is 4.39. The van der Waals surface area contributed by atoms with Crippen molar-refractivity contribution in [2.75, 3.05) is 6.54 Å². The van der Waals surface area contributed by atoms with Gasteiger partial charge in [-0.25, -0.2) is 4.98 Å². The summed E-state index contributed by atoms with van der Waals surface area (Å²) in [4.78, 5) is 5.82. The highest BCUT2D eigenvalue weighted by molar-refractivity contribution is 7.09. The summed E-state index contributed by atoms with van der Waals surface area (Å²) in [6.45, 7) is 2.95. The summed E-state index contributed by atoms with van der Waals surface area (Å²) in [5.41, 5.74) is 9.02. The molecule has 2 unspecified atom stereocenters. The normalized spacial score (nSPS) is 27.9. The maximum atomic E-state index is 5.83. The standard InChI is InChI=1S/C11H18N2S/c1-8-11(14-7-13-8)10-5-3-2-4-9(10)6-12/h7,9-10H,2-6,12H2,1H3. The lowest BCUT2D eigenvalue weighted by Crippen LogP contribution is -2.25. The molecule has 2 rings (SSSR count). The Labute approximate surface area is 89.5 Å². The fourth-order valence-electron chi connectivity index (χ4n) is 2.50. The molecule has 0 bridgehead atoms. The van der Waals surface area contributed by atoms with Crippen LogP contribution in [0.25, 0.3) is 0 Å². The molecule has 0 aromatic carbocycles. The highest BCUT2D eigenvalue weighted by Gasteiger charge is 2.27. The van der Waals surface area contributed by atoms with Crippen LogP contribution in [0.5, 0.6) is 0 Å². The summed E-state index contributed by atoms with van der Waals surface area (Å²) in [6.07, 6.45) is 5.33. The van der Waals surface area contributed by atoms with Crippen molar-refractivity contribution in [1.29, 1.82) is 0 Å². The minimum atomic E-state index is 0.696. The molecular weight excluding hydrogens is 192 g/mol. The third-order valence-electron chi connectivity index (χ3n) is 3.33. The van der Waals surface area contributed by atoms with Crippen LogP contribution in [-0.2, 0) is 0 Å². The molecule has 1 heterocycles. The summed E-state index contributed by atoms with van der Waals surface area (Å²) in [5.74, 6) is 1.39. The van der Waals surface area contributed by atoms with Gasteiger partial charge in [-0.1, -0.05) is 12.8 Å². The van der Waals surface area contributed by atoms with Crippen molar-refractivity contribution >= 4 is 11.3 Å². The summed E-state index contributed by atoms with van der Waals surface area (Å²) < 4.78 is 0. The summed E-state index contributed by atoms with van der Waals surface area (Å²) in [7, 11) is 0. The molecule has 0 spiro atoms. The average Bonchev–Trinajstić information content (AvgIpc) is 2.64. The van der Waals surface area contributed by atoms with E-state index >= 15 is 0 Å². The van der Waals surface area contributed by atoms with Gasteiger partial charge in [0.2, 0.25) is 0 Å². The summed E-state index contributed by atoms with van der Waals surface area (Å²) in [6, 6.07) is 0. The fourth-order valence-corrected chi connectivity index (χ4v) is 3.53. The van der Waals surface area contributed by atoms with Gasteiger partial charge in [0.05, 0.1) is 11.2 Å². The molecule has 1 fully saturated rings. The molecule has 14 heavy (non-hydrogen) atoms. The monoisotopic (exact) mass is 210 g/mol. The zero-order valence-corrected chi connectivity index (χ0v) is 9.52. The van der Waals surface area contributed by atoms with E-state index in [0.717, 1.165) is 6.54 Å². The van der Waals surface area contributed by atoms with Crippen LogP contribution in [0.2, 0.25) is 0 Å². The smallest absolute Gasteiger partial charge is 0.0797 e. The molecule has 1 aliphatic rings. The highest BCUT2D eigenvalue weighted by Crippen LogP contribution is 2.39. The second-order valence-corrected chi connectivity index (χ2v) is 5.08. The van der Waals surface area contributed by atoms with Crippen LogP contribution in [0, 0.1) is 12.8 Å². The number of nitrogens with two attached hydrogens (primary N) is 1. The fraction of sp³-hybridized carbons (Fsp3) is 0.727. The predicted molar refractivity (Wildman–Crippen MR) is 60.6 cm³/mol. The van der Waals surface area contributed by atoms with Crippen molar-refractivity contribution in [3.05, 3.63) is 16.1 Å². The van der Waals surface area contributed by atoms with Crippen LogP contribution in [-0.4, -0.2) is 11.5 Å². The molecule has 0 radical (unpaired) electrons. The lowest BCUT2D eigenvalue weighted by Gasteiger charge is -2.30. The van der Waals surface area contributed by atoms with Crippen molar-refractivity contribution in [2.45, 2.75) is 38.5 Å². The molecule has 1 aromatic heterocycles. The Morgan fingerprint density at radius 2 is 2.29 bits per heavy atom. The van der Waals surface area contributed by atoms with E-state index in [1.165, 1.54) is 36.3 Å². The second kappa shape index (κ2) is 4.41. The molecule has 1 aromatic rings. The van der Waals surface area contributed by atoms with Crippen LogP contribution in [0.4, 0.5) is 0 Å². The topological polar surface area (TPSA) is 38.9 Å². The lowest BCUT2D eigenvalue weighted by atomic mass is 9.78. The number of nitrogens with zero attached hydrogens (tertiary/aromatic N) is 1. The van der Waals surface area contributed by atoms with Crippen LogP contribution < -0.4 is 5.73 Å². The van der Waals surface area contributed by atoms with Crippen molar-refractivity contribution in [3.8, 4) is 0 Å². The third kappa shape index (κ3) is 1.84. The molecule has 2 nitrogen and oxygen atoms in total. The van der Waals surface area contributed by atoms with Crippen LogP contribution in [0.3, 0.4) is 0 Å². The van der Waals surface area contributed by atoms with Gasteiger partial charge in [0.25, 0.3) is 0 Å². The Balaban J connectivity index is 2.19. The zero-order chi connectivity index (χ0) is 9.97. The molecule has 2 atom stereocenters. The number of aromatic nitrogens is 1. The van der Waals surface area contributed by atoms with E-state index in [2.05, 4.69) is 11.9 Å². The number of thiazole rings is 1. The maximum absolute atomic E-state index is 5.83. The molecule has 1 aliphatic carbocycles. The van der Waals surface area contributed by atoms with Gasteiger partial charge in [0, 0.05) is 4.88 Å². The molecule has 3 heteroatoms. The minimum absolute atomic E-state index is 0.696. The largest absolute Gasteiger partial charge is 0.330 e. The van der Waals surface area contributed by atoms with Gasteiger partial charge in [0.15, 0.2) is 0 Å². The Morgan fingerprint density at radius 3 is 2.93 bits per heavy atom. The van der Waals surface area contributed by atoms with Crippen molar-refractivity contribution in [3.63, 3.8) is 0 Å². The van der Waals surface area contributed by atoms with E-state index in [9.17, 15) is 0 Å². The molecule has 2 N–H and O–H groups in total. The van der Waals surface area contributed by atoms with Gasteiger partial charge < -0.3 is 5.73 Å². The van der Waals surface area contributed by atoms with Gasteiger partial charge in [0.1, 0.15) is 0 Å². The Bertz CT molecular complexity index is 295. The number of rotatable bonds is 2. The first-order valence-corrected chi connectivity index (χ1v) is 6.31. The van der Waals surface area contributed by atoms with Crippen LogP contribution >= 0.6 is 11.3 Å². The Hall–Kier alpha value is -0.410. The first-order valence-electron chi connectivity index (χ1n) is 5.43. The van der Waals surface area contributed by atoms with Gasteiger partial charge in [-0.05, 0) is 38.1 Å². The Morgan fingerprint density at radius 1 is 1.50 bits per heavy atom. The second-order valence-electron chi connectivity index (χ2n) is 4.19. The van der Waals surface area contributed by atoms with Crippen molar-refractivity contribution in [1.82, 2.24) is 4.98 Å². The minimum Gasteiger partial charge on any atom is -0.330 e. The van der Waals surface area contributed by atoms with E-state index in [1.807, 2.05) is 16.8 Å². The van der Waals surface area contributed by atoms with Crippen molar-refractivity contribution in [2.24, 2.45) is 11.7 Å².